The van der Waals surface area contributed by atoms with Gasteiger partial charge in [-0.2, -0.15) is 0 Å². The molecule has 2 aromatic rings. The van der Waals surface area contributed by atoms with Crippen LogP contribution < -0.4 is 10.1 Å². The Labute approximate surface area is 147 Å². The Balaban J connectivity index is 1.45. The summed E-state index contributed by atoms with van der Waals surface area (Å²) in [6.45, 7) is 2.12. The smallest absolute Gasteiger partial charge is 0.224 e. The summed E-state index contributed by atoms with van der Waals surface area (Å²) < 4.78 is 18.1. The first-order valence-corrected chi connectivity index (χ1v) is 8.52. The minimum atomic E-state index is -0.233. The largest absolute Gasteiger partial charge is 0.497 e. The first kappa shape index (κ1) is 17.4. The molecule has 1 amide bonds. The summed E-state index contributed by atoms with van der Waals surface area (Å²) in [6.07, 6.45) is 1.27. The van der Waals surface area contributed by atoms with Crippen LogP contribution in [0.2, 0.25) is 0 Å². The fraction of sp³-hybridized carbons (Fsp3) is 0.350. The molecule has 3 rings (SSSR count). The van der Waals surface area contributed by atoms with Crippen LogP contribution in [0.1, 0.15) is 17.5 Å². The molecule has 0 aromatic heterocycles. The normalized spacial score (nSPS) is 17.1. The second-order valence-corrected chi connectivity index (χ2v) is 6.35. The molecule has 0 unspecified atom stereocenters. The Kier molecular flexibility index (Phi) is 5.66. The fourth-order valence-electron chi connectivity index (χ4n) is 3.05. The van der Waals surface area contributed by atoms with Crippen LogP contribution in [0.3, 0.4) is 0 Å². The molecule has 0 saturated carbocycles. The number of methoxy groups -OCH3 is 1. The highest BCUT2D eigenvalue weighted by Crippen LogP contribution is 2.15. The third-order valence-electron chi connectivity index (χ3n) is 4.55. The molecule has 5 heteroatoms. The molecule has 132 valence electrons. The van der Waals surface area contributed by atoms with Crippen molar-refractivity contribution in [3.63, 3.8) is 0 Å². The number of carbonyl (C=O) groups is 1. The first-order chi connectivity index (χ1) is 12.1. The monoisotopic (exact) mass is 342 g/mol. The van der Waals surface area contributed by atoms with Gasteiger partial charge in [-0.25, -0.2) is 4.39 Å². The van der Waals surface area contributed by atoms with Gasteiger partial charge in [0.1, 0.15) is 11.6 Å². The van der Waals surface area contributed by atoms with Gasteiger partial charge >= 0.3 is 0 Å². The Morgan fingerprint density at radius 2 is 1.80 bits per heavy atom. The van der Waals surface area contributed by atoms with Gasteiger partial charge in [-0.15, -0.1) is 0 Å². The molecule has 1 saturated heterocycles. The summed E-state index contributed by atoms with van der Waals surface area (Å²) in [5.41, 5.74) is 2.21. The third-order valence-corrected chi connectivity index (χ3v) is 4.55. The number of likely N-dealkylation sites (tertiary alicyclic amines) is 1. The molecular formula is C20H23FN2O2. The van der Waals surface area contributed by atoms with E-state index in [4.69, 9.17) is 4.74 Å². The molecule has 1 fully saturated rings. The zero-order valence-electron chi connectivity index (χ0n) is 14.4. The van der Waals surface area contributed by atoms with Crippen LogP contribution in [-0.2, 0) is 17.8 Å². The minimum absolute atomic E-state index is 0.169. The average Bonchev–Trinajstić information content (AvgIpc) is 3.00. The molecule has 1 aliphatic heterocycles. The van der Waals surface area contributed by atoms with Crippen molar-refractivity contribution in [3.8, 4) is 5.75 Å². The highest BCUT2D eigenvalue weighted by atomic mass is 19.1. The fourth-order valence-corrected chi connectivity index (χ4v) is 3.05. The number of carbonyl (C=O) groups excluding carboxylic acids is 1. The van der Waals surface area contributed by atoms with E-state index in [0.29, 0.717) is 13.0 Å². The summed E-state index contributed by atoms with van der Waals surface area (Å²) in [4.78, 5) is 14.0. The molecule has 25 heavy (non-hydrogen) atoms. The quantitative estimate of drug-likeness (QED) is 0.841. The third kappa shape index (κ3) is 4.79. The molecule has 1 N–H and O–H groups in total. The lowest BCUT2D eigenvalue weighted by atomic mass is 10.1. The van der Waals surface area contributed by atoms with E-state index in [-0.39, 0.29) is 17.8 Å². The Morgan fingerprint density at radius 1 is 1.12 bits per heavy atom. The number of rotatable bonds is 7. The second-order valence-electron chi connectivity index (χ2n) is 6.35. The van der Waals surface area contributed by atoms with Gasteiger partial charge in [0.2, 0.25) is 5.91 Å². The number of benzene rings is 2. The van der Waals surface area contributed by atoms with Crippen LogP contribution in [0.15, 0.2) is 48.5 Å². The van der Waals surface area contributed by atoms with Gasteiger partial charge in [0, 0.05) is 32.1 Å². The Hall–Kier alpha value is -2.40. The topological polar surface area (TPSA) is 41.6 Å². The van der Waals surface area contributed by atoms with Crippen LogP contribution >= 0.6 is 0 Å². The Morgan fingerprint density at radius 3 is 2.48 bits per heavy atom. The van der Waals surface area contributed by atoms with E-state index in [1.165, 1.54) is 12.1 Å². The molecule has 1 atom stereocenters. The van der Waals surface area contributed by atoms with E-state index in [1.807, 2.05) is 29.2 Å². The van der Waals surface area contributed by atoms with Gasteiger partial charge in [-0.05, 0) is 41.8 Å². The predicted molar refractivity (Wildman–Crippen MR) is 94.9 cm³/mol. The summed E-state index contributed by atoms with van der Waals surface area (Å²) in [5, 5.41) is 3.45. The maximum Gasteiger partial charge on any atom is 0.224 e. The van der Waals surface area contributed by atoms with Crippen LogP contribution in [0.4, 0.5) is 4.39 Å². The number of nitrogens with zero attached hydrogens (tertiary/aromatic N) is 1. The molecule has 0 bridgehead atoms. The van der Waals surface area contributed by atoms with E-state index in [2.05, 4.69) is 5.32 Å². The van der Waals surface area contributed by atoms with E-state index in [9.17, 15) is 9.18 Å². The van der Waals surface area contributed by atoms with Crippen molar-refractivity contribution in [2.24, 2.45) is 0 Å². The number of ether oxygens (including phenoxy) is 1. The average molecular weight is 342 g/mol. The highest BCUT2D eigenvalue weighted by Gasteiger charge is 2.28. The number of nitrogens with one attached hydrogen (secondary N) is 1. The molecule has 2 aromatic carbocycles. The number of halogens is 1. The van der Waals surface area contributed by atoms with Crippen molar-refractivity contribution in [2.75, 3.05) is 20.2 Å². The minimum Gasteiger partial charge on any atom is -0.497 e. The maximum atomic E-state index is 12.9. The van der Waals surface area contributed by atoms with Gasteiger partial charge in [0.25, 0.3) is 0 Å². The molecule has 0 aliphatic carbocycles. The molecule has 0 radical (unpaired) electrons. The lowest BCUT2D eigenvalue weighted by Gasteiger charge is -2.17. The number of hydrogen-bond acceptors (Lipinski definition) is 3. The van der Waals surface area contributed by atoms with Crippen LogP contribution in [0, 0.1) is 5.82 Å². The molecule has 1 heterocycles. The maximum absolute atomic E-state index is 12.9. The molecular weight excluding hydrogens is 319 g/mol. The van der Waals surface area contributed by atoms with E-state index < -0.39 is 0 Å². The Bertz CT molecular complexity index is 701. The van der Waals surface area contributed by atoms with Gasteiger partial charge in [0.05, 0.1) is 7.11 Å². The highest BCUT2D eigenvalue weighted by molar-refractivity contribution is 5.79. The zero-order chi connectivity index (χ0) is 17.6. The van der Waals surface area contributed by atoms with Gasteiger partial charge in [-0.1, -0.05) is 24.3 Å². The van der Waals surface area contributed by atoms with Crippen molar-refractivity contribution in [1.82, 2.24) is 10.2 Å². The SMILES string of the molecule is COc1ccc(CN[C@@H]2CC(=O)N(CCc3ccc(F)cc3)C2)cc1. The standard InChI is InChI=1S/C20H23FN2O2/c1-25-19-8-4-16(5-9-19)13-22-18-12-20(24)23(14-18)11-10-15-2-6-17(21)7-3-15/h2-9,18,22H,10-14H2,1H3/t18-/m1/s1. The lowest BCUT2D eigenvalue weighted by Crippen LogP contribution is -2.33. The van der Waals surface area contributed by atoms with Crippen molar-refractivity contribution in [1.29, 1.82) is 0 Å². The lowest BCUT2D eigenvalue weighted by molar-refractivity contribution is -0.127. The molecule has 0 spiro atoms. The first-order valence-electron chi connectivity index (χ1n) is 8.52. The van der Waals surface area contributed by atoms with E-state index >= 15 is 0 Å². The van der Waals surface area contributed by atoms with E-state index in [1.54, 1.807) is 19.2 Å². The van der Waals surface area contributed by atoms with E-state index in [0.717, 1.165) is 36.4 Å². The van der Waals surface area contributed by atoms with Crippen molar-refractivity contribution in [3.05, 3.63) is 65.5 Å². The van der Waals surface area contributed by atoms with Crippen LogP contribution in [-0.4, -0.2) is 37.0 Å². The van der Waals surface area contributed by atoms with Crippen molar-refractivity contribution < 1.29 is 13.9 Å². The van der Waals surface area contributed by atoms with Gasteiger partial charge in [0.15, 0.2) is 0 Å². The predicted octanol–water partition coefficient (Wildman–Crippen LogP) is 2.77. The summed E-state index contributed by atoms with van der Waals surface area (Å²) in [7, 11) is 1.65. The van der Waals surface area contributed by atoms with Crippen molar-refractivity contribution in [2.45, 2.75) is 25.4 Å². The number of amides is 1. The van der Waals surface area contributed by atoms with Crippen LogP contribution in [0.5, 0.6) is 5.75 Å². The summed E-state index contributed by atoms with van der Waals surface area (Å²) in [6, 6.07) is 14.6. The molecule has 4 nitrogen and oxygen atoms in total. The summed E-state index contributed by atoms with van der Waals surface area (Å²) >= 11 is 0. The molecule has 1 aliphatic rings. The van der Waals surface area contributed by atoms with Crippen LogP contribution in [0.25, 0.3) is 0 Å². The summed E-state index contributed by atoms with van der Waals surface area (Å²) in [5.74, 6) is 0.782. The zero-order valence-corrected chi connectivity index (χ0v) is 14.4. The number of hydrogen-bond donors (Lipinski definition) is 1. The second kappa shape index (κ2) is 8.12. The van der Waals surface area contributed by atoms with Gasteiger partial charge in [-0.3, -0.25) is 4.79 Å². The van der Waals surface area contributed by atoms with Crippen molar-refractivity contribution >= 4 is 5.91 Å². The van der Waals surface area contributed by atoms with Gasteiger partial charge < -0.3 is 15.0 Å².